The van der Waals surface area contributed by atoms with Crippen LogP contribution in [0, 0.1) is 0 Å². The molecule has 1 aromatic rings. The van der Waals surface area contributed by atoms with Gasteiger partial charge in [-0.2, -0.15) is 4.37 Å². The number of methoxy groups -OCH3 is 1. The molecule has 0 bridgehead atoms. The van der Waals surface area contributed by atoms with E-state index < -0.39 is 0 Å². The van der Waals surface area contributed by atoms with Crippen molar-refractivity contribution in [3.05, 3.63) is 10.8 Å². The zero-order valence-corrected chi connectivity index (χ0v) is 6.52. The summed E-state index contributed by atoms with van der Waals surface area (Å²) in [5.74, 6) is 0.716. The lowest BCUT2D eigenvalue weighted by Crippen LogP contribution is -1.96. The summed E-state index contributed by atoms with van der Waals surface area (Å²) in [6.07, 6.45) is 0. The van der Waals surface area contributed by atoms with Crippen molar-refractivity contribution in [3.63, 3.8) is 0 Å². The molecule has 0 amide bonds. The number of hydrogen-bond donors (Lipinski definition) is 1. The van der Waals surface area contributed by atoms with Gasteiger partial charge in [-0.1, -0.05) is 0 Å². The Morgan fingerprint density at radius 1 is 1.70 bits per heavy atom. The van der Waals surface area contributed by atoms with Crippen molar-refractivity contribution in [3.8, 4) is 0 Å². The zero-order valence-electron chi connectivity index (χ0n) is 5.70. The lowest BCUT2D eigenvalue weighted by atomic mass is 10.6. The molecule has 1 heterocycles. The maximum absolute atomic E-state index is 5.33. The predicted octanol–water partition coefficient (Wildman–Crippen LogP) is 0.143. The molecule has 0 aliphatic rings. The Morgan fingerprint density at radius 2 is 2.50 bits per heavy atom. The van der Waals surface area contributed by atoms with Gasteiger partial charge in [0.05, 0.1) is 0 Å². The summed E-state index contributed by atoms with van der Waals surface area (Å²) in [6.45, 7) is 0.928. The van der Waals surface area contributed by atoms with Gasteiger partial charge in [-0.3, -0.25) is 0 Å². The second-order valence-electron chi connectivity index (χ2n) is 1.74. The quantitative estimate of drug-likeness (QED) is 0.681. The second kappa shape index (κ2) is 3.60. The van der Waals surface area contributed by atoms with Gasteiger partial charge >= 0.3 is 0 Å². The second-order valence-corrected chi connectivity index (χ2v) is 2.58. The summed E-state index contributed by atoms with van der Waals surface area (Å²) >= 11 is 1.32. The first-order valence-electron chi connectivity index (χ1n) is 2.87. The van der Waals surface area contributed by atoms with Gasteiger partial charge < -0.3 is 10.5 Å². The SMILES string of the molecule is COCc1nsc(CN)n1. The molecule has 10 heavy (non-hydrogen) atoms. The van der Waals surface area contributed by atoms with E-state index in [0.29, 0.717) is 19.0 Å². The van der Waals surface area contributed by atoms with Gasteiger partial charge in [-0.05, 0) is 11.5 Å². The molecule has 0 spiro atoms. The molecule has 4 nitrogen and oxygen atoms in total. The Labute approximate surface area is 63.2 Å². The molecule has 0 atom stereocenters. The topological polar surface area (TPSA) is 61.0 Å². The van der Waals surface area contributed by atoms with Crippen molar-refractivity contribution in [1.29, 1.82) is 0 Å². The van der Waals surface area contributed by atoms with Crippen LogP contribution in [0.3, 0.4) is 0 Å². The normalized spacial score (nSPS) is 10.2. The molecule has 1 aromatic heterocycles. The van der Waals surface area contributed by atoms with Crippen LogP contribution in [-0.2, 0) is 17.9 Å². The third kappa shape index (κ3) is 1.73. The fraction of sp³-hybridized carbons (Fsp3) is 0.600. The van der Waals surface area contributed by atoms with Crippen LogP contribution in [0.5, 0.6) is 0 Å². The monoisotopic (exact) mass is 159 g/mol. The molecular formula is C5H9N3OS. The Balaban J connectivity index is 2.59. The van der Waals surface area contributed by atoms with Crippen LogP contribution in [0.1, 0.15) is 10.8 Å². The van der Waals surface area contributed by atoms with Crippen LogP contribution in [-0.4, -0.2) is 16.5 Å². The number of nitrogens with zero attached hydrogens (tertiary/aromatic N) is 2. The standard InChI is InChI=1S/C5H9N3OS/c1-9-3-4-7-5(2-6)10-8-4/h2-3,6H2,1H3. The van der Waals surface area contributed by atoms with Crippen LogP contribution >= 0.6 is 11.5 Å². The minimum absolute atomic E-state index is 0.460. The molecule has 5 heteroatoms. The lowest BCUT2D eigenvalue weighted by Gasteiger charge is -1.87. The van der Waals surface area contributed by atoms with E-state index >= 15 is 0 Å². The third-order valence-corrected chi connectivity index (χ3v) is 1.73. The fourth-order valence-corrected chi connectivity index (χ4v) is 1.09. The molecule has 0 aliphatic carbocycles. The van der Waals surface area contributed by atoms with Gasteiger partial charge in [0.25, 0.3) is 0 Å². The maximum atomic E-state index is 5.33. The van der Waals surface area contributed by atoms with Crippen molar-refractivity contribution >= 4 is 11.5 Å². The van der Waals surface area contributed by atoms with E-state index in [9.17, 15) is 0 Å². The number of hydrogen-bond acceptors (Lipinski definition) is 5. The summed E-state index contributed by atoms with van der Waals surface area (Å²) in [7, 11) is 1.61. The third-order valence-electron chi connectivity index (χ3n) is 0.958. The Morgan fingerprint density at radius 3 is 3.00 bits per heavy atom. The first-order chi connectivity index (χ1) is 4.86. The zero-order chi connectivity index (χ0) is 7.40. The molecule has 0 radical (unpaired) electrons. The Bertz CT molecular complexity index is 201. The summed E-state index contributed by atoms with van der Waals surface area (Å²) in [4.78, 5) is 4.08. The fourth-order valence-electron chi connectivity index (χ4n) is 0.561. The largest absolute Gasteiger partial charge is 0.377 e. The van der Waals surface area contributed by atoms with Crippen LogP contribution in [0.2, 0.25) is 0 Å². The van der Waals surface area contributed by atoms with E-state index in [2.05, 4.69) is 9.36 Å². The van der Waals surface area contributed by atoms with E-state index in [1.165, 1.54) is 11.5 Å². The number of ether oxygens (including phenoxy) is 1. The molecule has 0 saturated carbocycles. The average Bonchev–Trinajstić information content (AvgIpc) is 2.37. The molecule has 2 N–H and O–H groups in total. The molecular weight excluding hydrogens is 150 g/mol. The van der Waals surface area contributed by atoms with Crippen LogP contribution < -0.4 is 5.73 Å². The first-order valence-corrected chi connectivity index (χ1v) is 3.64. The van der Waals surface area contributed by atoms with E-state index in [4.69, 9.17) is 10.5 Å². The van der Waals surface area contributed by atoms with Gasteiger partial charge in [-0.15, -0.1) is 0 Å². The number of aromatic nitrogens is 2. The maximum Gasteiger partial charge on any atom is 0.168 e. The summed E-state index contributed by atoms with van der Waals surface area (Å²) in [6, 6.07) is 0. The average molecular weight is 159 g/mol. The number of nitrogens with two attached hydrogens (primary N) is 1. The van der Waals surface area contributed by atoms with Gasteiger partial charge in [0.15, 0.2) is 5.82 Å². The van der Waals surface area contributed by atoms with Crippen molar-refractivity contribution in [2.75, 3.05) is 7.11 Å². The van der Waals surface area contributed by atoms with E-state index in [1.54, 1.807) is 7.11 Å². The van der Waals surface area contributed by atoms with Crippen molar-refractivity contribution < 1.29 is 4.74 Å². The smallest absolute Gasteiger partial charge is 0.168 e. The molecule has 0 unspecified atom stereocenters. The molecule has 56 valence electrons. The van der Waals surface area contributed by atoms with E-state index in [-0.39, 0.29) is 0 Å². The van der Waals surface area contributed by atoms with Gasteiger partial charge in [0, 0.05) is 13.7 Å². The van der Waals surface area contributed by atoms with Crippen molar-refractivity contribution in [2.45, 2.75) is 13.2 Å². The lowest BCUT2D eigenvalue weighted by molar-refractivity contribution is 0.178. The van der Waals surface area contributed by atoms with E-state index in [1.807, 2.05) is 0 Å². The molecule has 0 aliphatic heterocycles. The van der Waals surface area contributed by atoms with Gasteiger partial charge in [-0.25, -0.2) is 4.98 Å². The molecule has 0 fully saturated rings. The minimum atomic E-state index is 0.460. The summed E-state index contributed by atoms with van der Waals surface area (Å²) < 4.78 is 8.83. The minimum Gasteiger partial charge on any atom is -0.377 e. The molecule has 1 rings (SSSR count). The summed E-state index contributed by atoms with van der Waals surface area (Å²) in [5, 5.41) is 0.854. The van der Waals surface area contributed by atoms with Crippen LogP contribution in [0.25, 0.3) is 0 Å². The highest BCUT2D eigenvalue weighted by Gasteiger charge is 1.99. The van der Waals surface area contributed by atoms with E-state index in [0.717, 1.165) is 5.01 Å². The first kappa shape index (κ1) is 7.59. The highest BCUT2D eigenvalue weighted by Crippen LogP contribution is 2.03. The highest BCUT2D eigenvalue weighted by molar-refractivity contribution is 7.05. The van der Waals surface area contributed by atoms with Crippen molar-refractivity contribution in [2.24, 2.45) is 5.73 Å². The van der Waals surface area contributed by atoms with Crippen LogP contribution in [0.15, 0.2) is 0 Å². The highest BCUT2D eigenvalue weighted by atomic mass is 32.1. The van der Waals surface area contributed by atoms with Gasteiger partial charge in [0.1, 0.15) is 11.6 Å². The number of rotatable bonds is 3. The molecule has 0 saturated heterocycles. The van der Waals surface area contributed by atoms with Crippen molar-refractivity contribution in [1.82, 2.24) is 9.36 Å². The molecule has 0 aromatic carbocycles. The Kier molecular flexibility index (Phi) is 2.73. The Hall–Kier alpha value is -0.520. The van der Waals surface area contributed by atoms with Crippen LogP contribution in [0.4, 0.5) is 0 Å². The van der Waals surface area contributed by atoms with Gasteiger partial charge in [0.2, 0.25) is 0 Å². The summed E-state index contributed by atoms with van der Waals surface area (Å²) in [5.41, 5.74) is 5.33. The predicted molar refractivity (Wildman–Crippen MR) is 38.5 cm³/mol.